The molecule has 1 aliphatic heterocycles. The number of carbonyl (C=O) groups is 4. The zero-order valence-corrected chi connectivity index (χ0v) is 21.1. The third-order valence-corrected chi connectivity index (χ3v) is 9.28. The van der Waals surface area contributed by atoms with E-state index in [1.165, 1.54) is 16.2 Å². The van der Waals surface area contributed by atoms with Gasteiger partial charge in [0, 0.05) is 10.4 Å². The van der Waals surface area contributed by atoms with Crippen LogP contribution in [0.1, 0.15) is 57.8 Å². The Morgan fingerprint density at radius 1 is 1.08 bits per heavy atom. The predicted octanol–water partition coefficient (Wildman–Crippen LogP) is 4.61. The molecule has 3 aliphatic carbocycles. The van der Waals surface area contributed by atoms with Crippen molar-refractivity contribution in [1.29, 1.82) is 0 Å². The molecule has 2 fully saturated rings. The predicted molar refractivity (Wildman–Crippen MR) is 136 cm³/mol. The van der Waals surface area contributed by atoms with Gasteiger partial charge in [-0.2, -0.15) is 0 Å². The first-order valence-corrected chi connectivity index (χ1v) is 13.5. The van der Waals surface area contributed by atoms with Crippen molar-refractivity contribution in [3.8, 4) is 0 Å². The molecule has 3 amide bonds. The number of allylic oxidation sites excluding steroid dienone is 2. The average molecular weight is 505 g/mol. The molecule has 5 atom stereocenters. The molecule has 0 spiro atoms. The molecule has 4 aliphatic rings. The van der Waals surface area contributed by atoms with Gasteiger partial charge in [-0.05, 0) is 80.2 Å². The summed E-state index contributed by atoms with van der Waals surface area (Å²) in [6, 6.07) is 6.53. The molecule has 1 N–H and O–H groups in total. The van der Waals surface area contributed by atoms with Crippen LogP contribution in [0.3, 0.4) is 0 Å². The van der Waals surface area contributed by atoms with Crippen LogP contribution in [0.2, 0.25) is 0 Å². The van der Waals surface area contributed by atoms with Gasteiger partial charge in [-0.3, -0.25) is 19.3 Å². The van der Waals surface area contributed by atoms with Crippen LogP contribution in [0.15, 0.2) is 36.4 Å². The first kappa shape index (κ1) is 23.2. The number of hydrogen-bond acceptors (Lipinski definition) is 6. The van der Waals surface area contributed by atoms with Gasteiger partial charge in [0.05, 0.1) is 29.7 Å². The molecule has 36 heavy (non-hydrogen) atoms. The molecule has 1 saturated carbocycles. The van der Waals surface area contributed by atoms with Gasteiger partial charge in [-0.1, -0.05) is 19.1 Å². The maximum atomic E-state index is 13.1. The highest BCUT2D eigenvalue weighted by atomic mass is 32.1. The topological polar surface area (TPSA) is 92.8 Å². The number of imide groups is 1. The number of carbonyl (C=O) groups excluding carboxylic acids is 4. The second-order valence-corrected chi connectivity index (χ2v) is 11.4. The minimum absolute atomic E-state index is 0.142. The average Bonchev–Trinajstić information content (AvgIpc) is 3.61. The van der Waals surface area contributed by atoms with E-state index in [0.29, 0.717) is 27.7 Å². The van der Waals surface area contributed by atoms with Gasteiger partial charge in [-0.15, -0.1) is 11.3 Å². The number of thiophene rings is 1. The van der Waals surface area contributed by atoms with Crippen LogP contribution in [0.25, 0.3) is 0 Å². The van der Waals surface area contributed by atoms with E-state index in [9.17, 15) is 19.2 Å². The molecular weight excluding hydrogens is 476 g/mol. The Labute approximate surface area is 213 Å². The van der Waals surface area contributed by atoms with Gasteiger partial charge in [0.1, 0.15) is 5.00 Å². The number of fused-ring (bicyclic) bond motifs is 6. The van der Waals surface area contributed by atoms with Crippen LogP contribution in [0.5, 0.6) is 0 Å². The number of rotatable bonds is 5. The third-order valence-electron chi connectivity index (χ3n) is 8.07. The van der Waals surface area contributed by atoms with Gasteiger partial charge < -0.3 is 10.1 Å². The Hall–Kier alpha value is -3.26. The molecule has 1 aromatic heterocycles. The van der Waals surface area contributed by atoms with E-state index < -0.39 is 5.97 Å². The van der Waals surface area contributed by atoms with E-state index in [-0.39, 0.29) is 48.0 Å². The molecule has 2 heterocycles. The monoisotopic (exact) mass is 504 g/mol. The summed E-state index contributed by atoms with van der Waals surface area (Å²) in [5, 5.41) is 3.44. The van der Waals surface area contributed by atoms with Crippen molar-refractivity contribution in [3.05, 3.63) is 58.0 Å². The zero-order chi connectivity index (χ0) is 25.1. The van der Waals surface area contributed by atoms with E-state index in [4.69, 9.17) is 4.74 Å². The lowest BCUT2D eigenvalue weighted by atomic mass is 9.85. The molecule has 2 bridgehead atoms. The number of nitrogens with zero attached hydrogens (tertiary/aromatic N) is 1. The van der Waals surface area contributed by atoms with Gasteiger partial charge in [0.2, 0.25) is 11.8 Å². The number of anilines is 2. The van der Waals surface area contributed by atoms with Crippen LogP contribution in [0.4, 0.5) is 10.7 Å². The molecule has 7 nitrogen and oxygen atoms in total. The fourth-order valence-electron chi connectivity index (χ4n) is 6.36. The summed E-state index contributed by atoms with van der Waals surface area (Å²) < 4.78 is 5.30. The lowest BCUT2D eigenvalue weighted by molar-refractivity contribution is -0.123. The second kappa shape index (κ2) is 8.69. The number of amides is 3. The fourth-order valence-corrected chi connectivity index (χ4v) is 7.59. The smallest absolute Gasteiger partial charge is 0.341 e. The lowest BCUT2D eigenvalue weighted by Gasteiger charge is -2.18. The maximum Gasteiger partial charge on any atom is 0.341 e. The van der Waals surface area contributed by atoms with Crippen LogP contribution < -0.4 is 10.2 Å². The van der Waals surface area contributed by atoms with E-state index in [2.05, 4.69) is 24.4 Å². The molecule has 2 aromatic rings. The summed E-state index contributed by atoms with van der Waals surface area (Å²) in [4.78, 5) is 54.5. The number of ether oxygens (including phenoxy) is 1. The van der Waals surface area contributed by atoms with Crippen molar-refractivity contribution in [2.45, 2.75) is 39.5 Å². The molecule has 6 rings (SSSR count). The van der Waals surface area contributed by atoms with Crippen molar-refractivity contribution >= 4 is 45.7 Å². The first-order chi connectivity index (χ1) is 17.4. The minimum atomic E-state index is -0.408. The Morgan fingerprint density at radius 3 is 2.39 bits per heavy atom. The van der Waals surface area contributed by atoms with Crippen molar-refractivity contribution in [2.75, 3.05) is 16.8 Å². The van der Waals surface area contributed by atoms with Crippen molar-refractivity contribution < 1.29 is 23.9 Å². The van der Waals surface area contributed by atoms with Crippen molar-refractivity contribution in [3.63, 3.8) is 0 Å². The van der Waals surface area contributed by atoms with Crippen LogP contribution >= 0.6 is 11.3 Å². The number of benzene rings is 1. The molecule has 1 aromatic carbocycles. The van der Waals surface area contributed by atoms with Gasteiger partial charge in [-0.25, -0.2) is 4.79 Å². The highest BCUT2D eigenvalue weighted by molar-refractivity contribution is 7.17. The van der Waals surface area contributed by atoms with E-state index in [0.717, 1.165) is 36.1 Å². The largest absolute Gasteiger partial charge is 0.462 e. The van der Waals surface area contributed by atoms with E-state index in [1.807, 2.05) is 0 Å². The number of aryl methyl sites for hydroxylation is 1. The van der Waals surface area contributed by atoms with Crippen molar-refractivity contribution in [1.82, 2.24) is 0 Å². The second-order valence-electron chi connectivity index (χ2n) is 10.3. The summed E-state index contributed by atoms with van der Waals surface area (Å²) >= 11 is 1.44. The first-order valence-electron chi connectivity index (χ1n) is 12.7. The summed E-state index contributed by atoms with van der Waals surface area (Å²) in [7, 11) is 0. The summed E-state index contributed by atoms with van der Waals surface area (Å²) in [6.07, 6.45) is 7.76. The summed E-state index contributed by atoms with van der Waals surface area (Å²) in [6.45, 7) is 4.20. The summed E-state index contributed by atoms with van der Waals surface area (Å²) in [5.41, 5.74) is 2.33. The Kier molecular flexibility index (Phi) is 5.59. The number of hydrogen-bond donors (Lipinski definition) is 1. The zero-order valence-electron chi connectivity index (χ0n) is 20.3. The van der Waals surface area contributed by atoms with Gasteiger partial charge >= 0.3 is 5.97 Å². The van der Waals surface area contributed by atoms with Crippen LogP contribution in [-0.4, -0.2) is 30.3 Å². The normalized spacial score (nSPS) is 27.8. The standard InChI is InChI=1S/C28H28N2O5S/c1-3-35-28(34)23-19-12-14(2)4-11-20(19)36-25(23)29-24(31)15-7-9-18(10-8-15)30-26(32)21-16-5-6-17(13-16)22(21)27(30)33/h5-10,14,16-17,21-22H,3-4,11-13H2,1-2H3,(H,29,31)/t14-,16-,17+,21+,22-/m1/s1. The van der Waals surface area contributed by atoms with E-state index >= 15 is 0 Å². The molecule has 186 valence electrons. The quantitative estimate of drug-likeness (QED) is 0.365. The van der Waals surface area contributed by atoms with Gasteiger partial charge in [0.25, 0.3) is 5.91 Å². The lowest BCUT2D eigenvalue weighted by Crippen LogP contribution is -2.32. The molecule has 8 heteroatoms. The third kappa shape index (κ3) is 3.53. The SMILES string of the molecule is CCOC(=O)c1c(NC(=O)c2ccc(N3C(=O)[C@@H]4[C@H](C3=O)[C@H]3C=C[C@@H]4C3)cc2)sc2c1C[C@H](C)CC2. The van der Waals surface area contributed by atoms with Gasteiger partial charge in [0.15, 0.2) is 0 Å². The Morgan fingerprint density at radius 2 is 1.75 bits per heavy atom. The molecular formula is C28H28N2O5S. The number of nitrogens with one attached hydrogen (secondary N) is 1. The van der Waals surface area contributed by atoms with E-state index in [1.54, 1.807) is 31.2 Å². The minimum Gasteiger partial charge on any atom is -0.462 e. The molecule has 1 saturated heterocycles. The summed E-state index contributed by atoms with van der Waals surface area (Å²) in [5.74, 6) is -0.786. The van der Waals surface area contributed by atoms with Crippen LogP contribution in [-0.2, 0) is 27.2 Å². The highest BCUT2D eigenvalue weighted by Crippen LogP contribution is 2.53. The fraction of sp³-hybridized carbons (Fsp3) is 0.429. The molecule has 0 radical (unpaired) electrons. The maximum absolute atomic E-state index is 13.1. The Bertz CT molecular complexity index is 1280. The highest BCUT2D eigenvalue weighted by Gasteiger charge is 2.59. The Balaban J connectivity index is 1.22. The molecule has 0 unspecified atom stereocenters. The van der Waals surface area contributed by atoms with Crippen molar-refractivity contribution in [2.24, 2.45) is 29.6 Å². The number of esters is 1. The van der Waals surface area contributed by atoms with Crippen LogP contribution in [0, 0.1) is 29.6 Å².